The number of carbonyl (C=O) groups excluding carboxylic acids is 3. The smallest absolute Gasteiger partial charge is 0.307 e. The van der Waals surface area contributed by atoms with Crippen LogP contribution >= 0.6 is 0 Å². The third-order valence-electron chi connectivity index (χ3n) is 17.5. The molecule has 6 aromatic rings. The number of likely N-dealkylation sites (tertiary alicyclic amines) is 1. The summed E-state index contributed by atoms with van der Waals surface area (Å²) in [4.78, 5) is 44.6. The lowest BCUT2D eigenvalue weighted by Crippen LogP contribution is -2.35. The SMILES string of the molecule is CC(C)c1cc(F)cc(C(C)C)c1NC(=O)NS(=O)(=O)c1cc(CN2CCCC2)n(C)n1.CCN(CC)Cc1cc(S(=O)(=O)NC(=O)Nc2c(C(C)C)cc(F)cc2C(C)C)nn1C.CCN(CC)Cc1cc(S(=O)(=O)NC(=O)Nc2c3c(cc4c2CCC4)CCC3)nn1C. The van der Waals surface area contributed by atoms with Crippen molar-refractivity contribution in [2.24, 2.45) is 21.1 Å². The zero-order valence-electron chi connectivity index (χ0n) is 57.6. The molecule has 95 heavy (non-hydrogen) atoms. The third kappa shape index (κ3) is 19.0. The molecule has 6 amide bonds. The molecule has 6 N–H and O–H groups in total. The summed E-state index contributed by atoms with van der Waals surface area (Å²) in [6.45, 7) is 30.3. The molecule has 3 aromatic heterocycles. The fraction of sp³-hybridized carbons (Fsp3) is 0.545. The number of aryl methyl sites for hydroxylation is 5. The van der Waals surface area contributed by atoms with Crippen LogP contribution in [0.3, 0.4) is 0 Å². The Labute approximate surface area is 559 Å². The predicted molar refractivity (Wildman–Crippen MR) is 365 cm³/mol. The Morgan fingerprint density at radius 3 is 1.07 bits per heavy atom. The molecule has 4 heterocycles. The Bertz CT molecular complexity index is 3830. The highest BCUT2D eigenvalue weighted by Gasteiger charge is 2.31. The molecule has 1 fully saturated rings. The number of benzene rings is 3. The Kier molecular flexibility index (Phi) is 25.4. The number of urea groups is 3. The van der Waals surface area contributed by atoms with Gasteiger partial charge in [-0.2, -0.15) is 40.5 Å². The number of fused-ring (bicyclic) bond motifs is 2. The number of carbonyl (C=O) groups is 3. The van der Waals surface area contributed by atoms with Crippen LogP contribution in [0.25, 0.3) is 0 Å². The zero-order valence-corrected chi connectivity index (χ0v) is 60.1. The lowest BCUT2D eigenvalue weighted by molar-refractivity contribution is 0.255. The first-order valence-electron chi connectivity index (χ1n) is 32.8. The van der Waals surface area contributed by atoms with Crippen molar-refractivity contribution >= 4 is 65.2 Å². The molecule has 29 heteroatoms. The van der Waals surface area contributed by atoms with E-state index in [1.807, 2.05) is 78.7 Å². The molecule has 9 rings (SSSR count). The number of aromatic nitrogens is 6. The molecule has 3 aliphatic rings. The summed E-state index contributed by atoms with van der Waals surface area (Å²) >= 11 is 0. The van der Waals surface area contributed by atoms with Gasteiger partial charge in [0.05, 0.1) is 17.1 Å². The molecule has 3 aromatic carbocycles. The van der Waals surface area contributed by atoms with E-state index in [2.05, 4.69) is 70.6 Å². The summed E-state index contributed by atoms with van der Waals surface area (Å²) in [5, 5.41) is 19.9. The number of rotatable bonds is 23. The fourth-order valence-corrected chi connectivity index (χ4v) is 14.9. The van der Waals surface area contributed by atoms with E-state index in [0.717, 1.165) is 125 Å². The van der Waals surface area contributed by atoms with E-state index in [-0.39, 0.29) is 38.7 Å². The molecule has 0 bridgehead atoms. The van der Waals surface area contributed by atoms with E-state index in [0.29, 0.717) is 53.3 Å². The van der Waals surface area contributed by atoms with E-state index >= 15 is 0 Å². The van der Waals surface area contributed by atoms with E-state index in [9.17, 15) is 48.4 Å². The van der Waals surface area contributed by atoms with Gasteiger partial charge in [0.2, 0.25) is 0 Å². The van der Waals surface area contributed by atoms with Crippen LogP contribution in [-0.4, -0.2) is 127 Å². The Morgan fingerprint density at radius 2 is 0.758 bits per heavy atom. The van der Waals surface area contributed by atoms with Crippen LogP contribution in [0, 0.1) is 11.6 Å². The number of anilines is 3. The van der Waals surface area contributed by atoms with Crippen molar-refractivity contribution in [2.75, 3.05) is 55.2 Å². The molecule has 522 valence electrons. The summed E-state index contributed by atoms with van der Waals surface area (Å²) in [6, 6.07) is 9.65. The van der Waals surface area contributed by atoms with Crippen molar-refractivity contribution < 1.29 is 48.4 Å². The predicted octanol–water partition coefficient (Wildman–Crippen LogP) is 10.8. The van der Waals surface area contributed by atoms with Gasteiger partial charge in [0.15, 0.2) is 15.1 Å². The number of amides is 6. The largest absolute Gasteiger partial charge is 0.333 e. The first kappa shape index (κ1) is 75.1. The van der Waals surface area contributed by atoms with Gasteiger partial charge < -0.3 is 16.0 Å². The van der Waals surface area contributed by atoms with Crippen LogP contribution in [0.15, 0.2) is 63.6 Å². The molecule has 0 unspecified atom stereocenters. The van der Waals surface area contributed by atoms with Gasteiger partial charge in [-0.1, -0.05) is 89.2 Å². The first-order valence-corrected chi connectivity index (χ1v) is 37.2. The van der Waals surface area contributed by atoms with Gasteiger partial charge in [0.25, 0.3) is 30.1 Å². The number of halogens is 2. The van der Waals surface area contributed by atoms with Gasteiger partial charge in [0.1, 0.15) is 11.6 Å². The second-order valence-electron chi connectivity index (χ2n) is 25.6. The summed E-state index contributed by atoms with van der Waals surface area (Å²) in [7, 11) is -7.37. The molecule has 0 atom stereocenters. The van der Waals surface area contributed by atoms with Crippen molar-refractivity contribution in [3.8, 4) is 0 Å². The normalized spacial score (nSPS) is 14.1. The maximum absolute atomic E-state index is 14.1. The molecule has 1 aliphatic heterocycles. The fourth-order valence-electron chi connectivity index (χ4n) is 12.1. The maximum atomic E-state index is 14.1. The molecule has 1 saturated heterocycles. The molecule has 2 aliphatic carbocycles. The maximum Gasteiger partial charge on any atom is 0.333 e. The van der Waals surface area contributed by atoms with Crippen molar-refractivity contribution in [3.05, 3.63) is 122 Å². The van der Waals surface area contributed by atoms with Crippen molar-refractivity contribution in [1.29, 1.82) is 0 Å². The van der Waals surface area contributed by atoms with Crippen molar-refractivity contribution in [2.45, 2.75) is 193 Å². The van der Waals surface area contributed by atoms with E-state index < -0.39 is 59.8 Å². The Morgan fingerprint density at radius 1 is 0.453 bits per heavy atom. The highest BCUT2D eigenvalue weighted by atomic mass is 32.2. The zero-order chi connectivity index (χ0) is 70.0. The van der Waals surface area contributed by atoms with Crippen LogP contribution < -0.4 is 30.1 Å². The summed E-state index contributed by atoms with van der Waals surface area (Å²) in [5.74, 6) is -1.08. The van der Waals surface area contributed by atoms with Crippen LogP contribution in [0.2, 0.25) is 0 Å². The van der Waals surface area contributed by atoms with Crippen LogP contribution in [0.1, 0.15) is 194 Å². The lowest BCUT2D eigenvalue weighted by atomic mass is 9.92. The van der Waals surface area contributed by atoms with Gasteiger partial charge in [-0.05, 0) is 183 Å². The topological polar surface area (TPSA) is 289 Å². The minimum absolute atomic E-state index is 0.0703. The van der Waals surface area contributed by atoms with Crippen LogP contribution in [0.5, 0.6) is 0 Å². The van der Waals surface area contributed by atoms with E-state index in [4.69, 9.17) is 0 Å². The van der Waals surface area contributed by atoms with Gasteiger partial charge in [-0.25, -0.2) is 37.3 Å². The average Bonchev–Trinajstić information content (AvgIpc) is 1.74. The number of nitrogens with zero attached hydrogens (tertiary/aromatic N) is 9. The minimum Gasteiger partial charge on any atom is -0.307 e. The molecule has 24 nitrogen and oxygen atoms in total. The second kappa shape index (κ2) is 32.2. The number of hydrogen-bond acceptors (Lipinski definition) is 15. The quantitative estimate of drug-likeness (QED) is 0.0348. The van der Waals surface area contributed by atoms with Gasteiger partial charge in [-0.15, -0.1) is 0 Å². The summed E-state index contributed by atoms with van der Waals surface area (Å²) in [6.07, 6.45) is 8.25. The highest BCUT2D eigenvalue weighted by molar-refractivity contribution is 7.90. The molecular weight excluding hydrogens is 1280 g/mol. The van der Waals surface area contributed by atoms with Crippen LogP contribution in [0.4, 0.5) is 40.2 Å². The van der Waals surface area contributed by atoms with Gasteiger partial charge in [-0.3, -0.25) is 28.7 Å². The molecular formula is C66H97F2N15O9S3. The van der Waals surface area contributed by atoms with Crippen molar-refractivity contribution in [1.82, 2.24) is 58.2 Å². The summed E-state index contributed by atoms with van der Waals surface area (Å²) < 4.78 is 116. The summed E-state index contributed by atoms with van der Waals surface area (Å²) in [5.41, 5.74) is 11.2. The lowest BCUT2D eigenvalue weighted by Gasteiger charge is -2.20. The standard InChI is InChI=1S/C22H32FN5O3S.C22H34FN5O3S.C22H31N5O3S/c1-14(2)18-10-16(23)11-19(15(3)4)21(18)24-22(29)26-32(30,31)20-12-17(27(5)25-20)13-28-8-6-7-9-28;1-8-28(9-2)13-17-12-20(25-27(17)7)32(30,31)26-22(29)24-21-18(14(3)4)10-16(23)11-19(21)15(5)6;1-4-27(5-2)14-17-13-20(24-26(17)3)31(29,30)25-22(28)23-21-18-10-6-8-15(18)12-16-9-7-11-19(16)21/h10-12,14-15H,6-9,13H2,1-5H3,(H2,24,26,29);10-12,14-15H,8-9,13H2,1-7H3,(H2,24,26,29);12-13H,4-11,14H2,1-3H3,(H2,23,25,28). The Balaban J connectivity index is 0.000000201. The minimum atomic E-state index is -4.19. The first-order chi connectivity index (χ1) is 44.7. The van der Waals surface area contributed by atoms with Crippen molar-refractivity contribution in [3.63, 3.8) is 0 Å². The molecule has 0 radical (unpaired) electrons. The van der Waals surface area contributed by atoms with E-state index in [1.54, 1.807) is 25.8 Å². The third-order valence-corrected chi connectivity index (χ3v) is 21.1. The van der Waals surface area contributed by atoms with Gasteiger partial charge >= 0.3 is 18.1 Å². The number of nitrogens with one attached hydrogen (secondary N) is 6. The van der Waals surface area contributed by atoms with Crippen LogP contribution in [-0.2, 0) is 96.5 Å². The highest BCUT2D eigenvalue weighted by Crippen LogP contribution is 2.39. The van der Waals surface area contributed by atoms with Gasteiger partial charge in [0, 0.05) is 76.0 Å². The molecule has 0 spiro atoms. The number of sulfonamides is 3. The average molecular weight is 1380 g/mol. The molecule has 0 saturated carbocycles. The van der Waals surface area contributed by atoms with E-state index in [1.165, 1.54) is 63.0 Å². The number of hydrogen-bond donors (Lipinski definition) is 6. The Hall–Kier alpha value is -7.31. The monoisotopic (exact) mass is 1380 g/mol. The second-order valence-corrected chi connectivity index (χ2v) is 30.5.